The number of amides is 1. The van der Waals surface area contributed by atoms with Crippen molar-refractivity contribution in [2.24, 2.45) is 23.7 Å². The minimum atomic E-state index is -0.220. The van der Waals surface area contributed by atoms with Crippen LogP contribution in [0.1, 0.15) is 49.8 Å². The van der Waals surface area contributed by atoms with Crippen molar-refractivity contribution in [3.63, 3.8) is 0 Å². The molecule has 0 spiro atoms. The van der Waals surface area contributed by atoms with Crippen LogP contribution >= 0.6 is 0 Å². The lowest BCUT2D eigenvalue weighted by Gasteiger charge is -2.21. The number of rotatable bonds is 4. The van der Waals surface area contributed by atoms with E-state index in [1.54, 1.807) is 24.3 Å². The van der Waals surface area contributed by atoms with Crippen molar-refractivity contribution in [1.82, 2.24) is 9.97 Å². The summed E-state index contributed by atoms with van der Waals surface area (Å²) in [4.78, 5) is 21.2. The Hall–Kier alpha value is -3.33. The molecule has 0 radical (unpaired) electrons. The number of nitrogens with zero attached hydrogens (tertiary/aromatic N) is 3. The Morgan fingerprint density at radius 1 is 1.12 bits per heavy atom. The lowest BCUT2D eigenvalue weighted by atomic mass is 9.86. The van der Waals surface area contributed by atoms with Gasteiger partial charge in [0.25, 0.3) is 0 Å². The molecule has 2 heterocycles. The first-order valence-electron chi connectivity index (χ1n) is 11.2. The van der Waals surface area contributed by atoms with Crippen molar-refractivity contribution < 1.29 is 9.18 Å². The molecule has 2 fully saturated rings. The van der Waals surface area contributed by atoms with Crippen molar-refractivity contribution in [1.29, 1.82) is 5.26 Å². The molecular formula is C26H25FN4O. The number of hydrogen-bond acceptors (Lipinski definition) is 4. The molecule has 1 aromatic carbocycles. The van der Waals surface area contributed by atoms with Gasteiger partial charge in [-0.05, 0) is 91.3 Å². The Kier molecular flexibility index (Phi) is 5.34. The lowest BCUT2D eigenvalue weighted by molar-refractivity contribution is -0.120. The third-order valence-corrected chi connectivity index (χ3v) is 7.50. The van der Waals surface area contributed by atoms with E-state index in [1.807, 2.05) is 25.3 Å². The number of pyridine rings is 2. The Balaban J connectivity index is 1.23. The fourth-order valence-corrected chi connectivity index (χ4v) is 5.83. The number of anilines is 1. The molecule has 2 aliphatic carbocycles. The Morgan fingerprint density at radius 2 is 1.91 bits per heavy atom. The summed E-state index contributed by atoms with van der Waals surface area (Å²) >= 11 is 0. The fourth-order valence-electron chi connectivity index (χ4n) is 5.83. The molecular weight excluding hydrogens is 403 g/mol. The van der Waals surface area contributed by atoms with Crippen LogP contribution in [0, 0.1) is 40.8 Å². The summed E-state index contributed by atoms with van der Waals surface area (Å²) in [6.07, 6.45) is 7.64. The average molecular weight is 429 g/mol. The molecule has 6 heteroatoms. The van der Waals surface area contributed by atoms with E-state index >= 15 is 0 Å². The molecule has 0 saturated heterocycles. The Bertz CT molecular complexity index is 1190. The lowest BCUT2D eigenvalue weighted by Crippen LogP contribution is -2.26. The number of nitriles is 1. The molecule has 2 aromatic heterocycles. The Morgan fingerprint density at radius 3 is 2.59 bits per heavy atom. The van der Waals surface area contributed by atoms with E-state index < -0.39 is 0 Å². The van der Waals surface area contributed by atoms with Crippen molar-refractivity contribution in [3.8, 4) is 6.07 Å². The van der Waals surface area contributed by atoms with Gasteiger partial charge in [0.05, 0.1) is 17.4 Å². The number of fused-ring (bicyclic) bond motifs is 2. The molecule has 1 amide bonds. The van der Waals surface area contributed by atoms with Crippen LogP contribution in [0.15, 0.2) is 48.8 Å². The van der Waals surface area contributed by atoms with Crippen LogP contribution in [0.3, 0.4) is 0 Å². The van der Waals surface area contributed by atoms with Crippen LogP contribution in [-0.2, 0) is 4.79 Å². The number of carbonyl (C=O) groups excluding carboxylic acids is 1. The van der Waals surface area contributed by atoms with Crippen LogP contribution in [0.2, 0.25) is 0 Å². The molecule has 2 saturated carbocycles. The maximum absolute atomic E-state index is 13.9. The van der Waals surface area contributed by atoms with Crippen molar-refractivity contribution >= 4 is 22.5 Å². The summed E-state index contributed by atoms with van der Waals surface area (Å²) in [5.41, 5.74) is 3.01. The summed E-state index contributed by atoms with van der Waals surface area (Å²) in [5, 5.41) is 12.7. The molecule has 0 aliphatic heterocycles. The highest BCUT2D eigenvalue weighted by Crippen LogP contribution is 2.54. The van der Waals surface area contributed by atoms with Gasteiger partial charge in [-0.2, -0.15) is 5.26 Å². The first-order valence-corrected chi connectivity index (χ1v) is 11.2. The van der Waals surface area contributed by atoms with Gasteiger partial charge in [-0.25, -0.2) is 9.37 Å². The van der Waals surface area contributed by atoms with Crippen molar-refractivity contribution in [3.05, 3.63) is 65.9 Å². The molecule has 5 nitrogen and oxygen atoms in total. The van der Waals surface area contributed by atoms with Gasteiger partial charge in [-0.3, -0.25) is 9.78 Å². The summed E-state index contributed by atoms with van der Waals surface area (Å²) in [5.74, 6) is 1.71. The third kappa shape index (κ3) is 3.84. The number of halogens is 1. The molecule has 5 atom stereocenters. The van der Waals surface area contributed by atoms with E-state index in [4.69, 9.17) is 5.26 Å². The fraction of sp³-hybridized carbons (Fsp3) is 0.385. The van der Waals surface area contributed by atoms with Gasteiger partial charge in [0, 0.05) is 17.5 Å². The predicted molar refractivity (Wildman–Crippen MR) is 120 cm³/mol. The van der Waals surface area contributed by atoms with E-state index in [0.29, 0.717) is 35.1 Å². The minimum absolute atomic E-state index is 0.00799. The maximum Gasteiger partial charge on any atom is 0.227 e. The van der Waals surface area contributed by atoms with Gasteiger partial charge in [0.1, 0.15) is 17.6 Å². The first-order chi connectivity index (χ1) is 15.5. The van der Waals surface area contributed by atoms with E-state index in [9.17, 15) is 9.18 Å². The van der Waals surface area contributed by atoms with Crippen LogP contribution < -0.4 is 5.32 Å². The zero-order chi connectivity index (χ0) is 22.2. The number of hydrogen-bond donors (Lipinski definition) is 1. The second-order valence-corrected chi connectivity index (χ2v) is 9.30. The topological polar surface area (TPSA) is 78.7 Å². The largest absolute Gasteiger partial charge is 0.324 e. The molecule has 0 bridgehead atoms. The van der Waals surface area contributed by atoms with Gasteiger partial charge < -0.3 is 5.32 Å². The standard InChI is InChI=1S/C26H25FN4O/c1-15(26(32)31-22-4-3-21(13-28)30-14-22)16-8-17-10-19(11-18(17)9-16)23-6-7-29-25-5-2-20(27)12-24(23)25/h2-7,12,14-19H,8-11H2,1H3,(H,31,32)/t15?,16?,17-,18+,19?. The Labute approximate surface area is 186 Å². The maximum atomic E-state index is 13.9. The second kappa shape index (κ2) is 8.31. The van der Waals surface area contributed by atoms with Crippen molar-refractivity contribution in [2.75, 3.05) is 5.32 Å². The van der Waals surface area contributed by atoms with E-state index in [0.717, 1.165) is 36.6 Å². The van der Waals surface area contributed by atoms with Crippen LogP contribution in [-0.4, -0.2) is 15.9 Å². The number of nitrogens with one attached hydrogen (secondary N) is 1. The van der Waals surface area contributed by atoms with Crippen LogP contribution in [0.25, 0.3) is 10.9 Å². The molecule has 5 rings (SSSR count). The van der Waals surface area contributed by atoms with E-state index in [2.05, 4.69) is 15.3 Å². The summed E-state index contributed by atoms with van der Waals surface area (Å²) in [7, 11) is 0. The smallest absolute Gasteiger partial charge is 0.227 e. The van der Waals surface area contributed by atoms with Crippen LogP contribution in [0.5, 0.6) is 0 Å². The minimum Gasteiger partial charge on any atom is -0.324 e. The molecule has 3 aromatic rings. The highest BCUT2D eigenvalue weighted by Gasteiger charge is 2.44. The van der Waals surface area contributed by atoms with Gasteiger partial charge in [-0.1, -0.05) is 6.92 Å². The molecule has 2 aliphatic rings. The summed E-state index contributed by atoms with van der Waals surface area (Å²) in [6.45, 7) is 2.01. The van der Waals surface area contributed by atoms with Crippen LogP contribution in [0.4, 0.5) is 10.1 Å². The monoisotopic (exact) mass is 428 g/mol. The normalized spacial score (nSPS) is 25.3. The highest BCUT2D eigenvalue weighted by molar-refractivity contribution is 5.92. The number of benzene rings is 1. The van der Waals surface area contributed by atoms with Crippen molar-refractivity contribution in [2.45, 2.75) is 38.5 Å². The summed E-state index contributed by atoms with van der Waals surface area (Å²) in [6, 6.07) is 12.2. The van der Waals surface area contributed by atoms with Gasteiger partial charge in [-0.15, -0.1) is 0 Å². The second-order valence-electron chi connectivity index (χ2n) is 9.30. The summed E-state index contributed by atoms with van der Waals surface area (Å²) < 4.78 is 13.9. The predicted octanol–water partition coefficient (Wildman–Crippen LogP) is 5.44. The first kappa shape index (κ1) is 20.6. The number of aromatic nitrogens is 2. The molecule has 162 valence electrons. The molecule has 32 heavy (non-hydrogen) atoms. The molecule has 3 unspecified atom stereocenters. The van der Waals surface area contributed by atoms with Gasteiger partial charge in [0.2, 0.25) is 5.91 Å². The van der Waals surface area contributed by atoms with Gasteiger partial charge in [0.15, 0.2) is 0 Å². The average Bonchev–Trinajstić information content (AvgIpc) is 3.38. The molecule has 1 N–H and O–H groups in total. The number of carbonyl (C=O) groups is 1. The quantitative estimate of drug-likeness (QED) is 0.601. The SMILES string of the molecule is CC(C(=O)Nc1ccc(C#N)nc1)C1C[C@H]2CC(c3ccnc4ccc(F)cc34)C[C@H]2C1. The highest BCUT2D eigenvalue weighted by atomic mass is 19.1. The zero-order valence-corrected chi connectivity index (χ0v) is 18.0. The third-order valence-electron chi connectivity index (χ3n) is 7.50. The van der Waals surface area contributed by atoms with E-state index in [-0.39, 0.29) is 17.6 Å². The van der Waals surface area contributed by atoms with E-state index in [1.165, 1.54) is 17.8 Å². The zero-order valence-electron chi connectivity index (χ0n) is 18.0. The van der Waals surface area contributed by atoms with Gasteiger partial charge >= 0.3 is 0 Å².